The molecule has 0 saturated carbocycles. The van der Waals surface area contributed by atoms with Gasteiger partial charge in [-0.2, -0.15) is 0 Å². The molecule has 6 heteroatoms. The summed E-state index contributed by atoms with van der Waals surface area (Å²) in [5, 5.41) is 31.1. The molecule has 0 aromatic heterocycles. The number of ketones is 3. The molecule has 4 rings (SSSR count). The molecule has 0 spiro atoms. The lowest BCUT2D eigenvalue weighted by Gasteiger charge is -2.25. The van der Waals surface area contributed by atoms with Crippen molar-refractivity contribution in [3.63, 3.8) is 0 Å². The number of Topliss-reactive ketones (excluding diaryl/α,β-unsaturated/α-hetero) is 2. The minimum atomic E-state index is -0.871. The molecule has 0 saturated heterocycles. The number of hydrogen-bond acceptors (Lipinski definition) is 6. The van der Waals surface area contributed by atoms with Gasteiger partial charge in [-0.3, -0.25) is 14.4 Å². The van der Waals surface area contributed by atoms with E-state index in [4.69, 9.17) is 0 Å². The molecule has 0 fully saturated rings. The number of fused-ring (bicyclic) bond motifs is 2. The number of phenols is 2. The molecule has 0 heterocycles. The van der Waals surface area contributed by atoms with Crippen LogP contribution < -0.4 is 0 Å². The first kappa shape index (κ1) is 18.1. The van der Waals surface area contributed by atoms with Crippen molar-refractivity contribution >= 4 is 22.9 Å². The van der Waals surface area contributed by atoms with Gasteiger partial charge in [-0.25, -0.2) is 0 Å². The third-order valence-electron chi connectivity index (χ3n) is 5.35. The summed E-state index contributed by atoms with van der Waals surface area (Å²) in [6, 6.07) is 4.50. The summed E-state index contributed by atoms with van der Waals surface area (Å²) in [7, 11) is 0. The summed E-state index contributed by atoms with van der Waals surface area (Å²) in [4.78, 5) is 38.1. The van der Waals surface area contributed by atoms with E-state index in [9.17, 15) is 29.7 Å². The van der Waals surface area contributed by atoms with E-state index in [2.05, 4.69) is 0 Å². The van der Waals surface area contributed by atoms with Crippen molar-refractivity contribution in [1.29, 1.82) is 0 Å². The van der Waals surface area contributed by atoms with Crippen LogP contribution in [0.1, 0.15) is 72.3 Å². The van der Waals surface area contributed by atoms with Crippen molar-refractivity contribution in [3.05, 3.63) is 63.2 Å². The maximum Gasteiger partial charge on any atom is 0.194 e. The highest BCUT2D eigenvalue weighted by atomic mass is 16.3. The lowest BCUT2D eigenvalue weighted by molar-refractivity contribution is 0.0892. The summed E-state index contributed by atoms with van der Waals surface area (Å²) in [5.41, 5.74) is 1.47. The van der Waals surface area contributed by atoms with Gasteiger partial charge in [-0.15, -0.1) is 0 Å². The average Bonchev–Trinajstić information content (AvgIpc) is 2.61. The number of carbonyl (C=O) groups is 3. The van der Waals surface area contributed by atoms with E-state index >= 15 is 0 Å². The number of aliphatic hydroxyl groups excluding tert-OH is 1. The van der Waals surface area contributed by atoms with Crippen LogP contribution in [0.2, 0.25) is 0 Å². The first-order chi connectivity index (χ1) is 13.2. The topological polar surface area (TPSA) is 112 Å². The molecule has 2 aliphatic rings. The fourth-order valence-electron chi connectivity index (χ4n) is 4.08. The Morgan fingerprint density at radius 1 is 0.964 bits per heavy atom. The number of aryl methyl sites for hydroxylation is 2. The van der Waals surface area contributed by atoms with Gasteiger partial charge >= 0.3 is 0 Å². The van der Waals surface area contributed by atoms with E-state index in [-0.39, 0.29) is 52.2 Å². The van der Waals surface area contributed by atoms with Gasteiger partial charge < -0.3 is 15.3 Å². The fraction of sp³-hybridized carbons (Fsp3) is 0.227. The molecular weight excluding hydrogens is 360 g/mol. The highest BCUT2D eigenvalue weighted by Crippen LogP contribution is 2.43. The Kier molecular flexibility index (Phi) is 3.97. The summed E-state index contributed by atoms with van der Waals surface area (Å²) in [6.45, 7) is 3.33. The van der Waals surface area contributed by atoms with Gasteiger partial charge in [0.15, 0.2) is 17.3 Å². The van der Waals surface area contributed by atoms with E-state index in [0.29, 0.717) is 16.7 Å². The van der Waals surface area contributed by atoms with Gasteiger partial charge in [0.2, 0.25) is 0 Å². The third-order valence-corrected chi connectivity index (χ3v) is 5.35. The van der Waals surface area contributed by atoms with Crippen LogP contribution in [-0.2, 0) is 0 Å². The second-order valence-corrected chi connectivity index (χ2v) is 7.32. The van der Waals surface area contributed by atoms with Gasteiger partial charge in [0, 0.05) is 23.1 Å². The Balaban J connectivity index is 1.96. The molecule has 0 radical (unpaired) electrons. The lowest BCUT2D eigenvalue weighted by atomic mass is 9.79. The van der Waals surface area contributed by atoms with E-state index in [1.165, 1.54) is 12.1 Å². The largest absolute Gasteiger partial charge is 0.507 e. The van der Waals surface area contributed by atoms with E-state index in [1.807, 2.05) is 0 Å². The second-order valence-electron chi connectivity index (χ2n) is 7.32. The molecule has 28 heavy (non-hydrogen) atoms. The number of carbonyl (C=O) groups excluding carboxylic acids is 3. The maximum absolute atomic E-state index is 13.1. The summed E-state index contributed by atoms with van der Waals surface area (Å²) in [6.07, 6.45) is 0.574. The molecule has 0 amide bonds. The van der Waals surface area contributed by atoms with Crippen molar-refractivity contribution < 1.29 is 29.7 Å². The third kappa shape index (κ3) is 2.49. The van der Waals surface area contributed by atoms with Crippen molar-refractivity contribution in [1.82, 2.24) is 0 Å². The molecular formula is C22H18O6. The van der Waals surface area contributed by atoms with Crippen molar-refractivity contribution in [2.75, 3.05) is 0 Å². The van der Waals surface area contributed by atoms with E-state index < -0.39 is 23.4 Å². The highest BCUT2D eigenvalue weighted by molar-refractivity contribution is 6.39. The van der Waals surface area contributed by atoms with E-state index in [0.717, 1.165) is 6.08 Å². The molecule has 2 aliphatic carbocycles. The minimum Gasteiger partial charge on any atom is -0.507 e. The van der Waals surface area contributed by atoms with Crippen molar-refractivity contribution in [2.24, 2.45) is 0 Å². The van der Waals surface area contributed by atoms with Crippen LogP contribution in [0.15, 0.2) is 24.3 Å². The normalized spacial score (nSPS) is 18.6. The van der Waals surface area contributed by atoms with Crippen LogP contribution in [0, 0.1) is 13.8 Å². The Bertz CT molecular complexity index is 1120. The Morgan fingerprint density at radius 2 is 1.68 bits per heavy atom. The molecule has 142 valence electrons. The molecule has 3 N–H and O–H groups in total. The van der Waals surface area contributed by atoms with Crippen LogP contribution in [-0.4, -0.2) is 32.7 Å². The van der Waals surface area contributed by atoms with Gasteiger partial charge in [0.1, 0.15) is 11.5 Å². The number of rotatable bonds is 1. The maximum atomic E-state index is 13.1. The zero-order valence-corrected chi connectivity index (χ0v) is 15.4. The summed E-state index contributed by atoms with van der Waals surface area (Å²) >= 11 is 0. The van der Waals surface area contributed by atoms with Crippen molar-refractivity contribution in [2.45, 2.75) is 32.8 Å². The van der Waals surface area contributed by atoms with Crippen LogP contribution in [0.5, 0.6) is 11.5 Å². The van der Waals surface area contributed by atoms with Crippen molar-refractivity contribution in [3.8, 4) is 11.5 Å². The monoisotopic (exact) mass is 378 g/mol. The number of benzene rings is 2. The van der Waals surface area contributed by atoms with Gasteiger partial charge in [-0.05, 0) is 55.2 Å². The molecule has 0 bridgehead atoms. The van der Waals surface area contributed by atoms with Gasteiger partial charge in [-0.1, -0.05) is 6.07 Å². The summed E-state index contributed by atoms with van der Waals surface area (Å²) in [5.74, 6) is -2.05. The number of aliphatic hydroxyl groups is 1. The molecule has 2 aromatic carbocycles. The standard InChI is InChI=1S/C22H18O6/c1-9-5-12-19(16(25)6-9)17(26)8-13(21(12)27)18-10(2)7-11-14(23)3-4-15(24)20(11)22(18)28/h5-8,14,23,25,28H,3-4H2,1-2H3/t14-/m1/s1. The Hall–Kier alpha value is -3.25. The van der Waals surface area contributed by atoms with Gasteiger partial charge in [0.05, 0.1) is 17.2 Å². The molecule has 0 unspecified atom stereocenters. The zero-order valence-electron chi connectivity index (χ0n) is 15.4. The first-order valence-electron chi connectivity index (χ1n) is 8.93. The first-order valence-corrected chi connectivity index (χ1v) is 8.93. The summed E-state index contributed by atoms with van der Waals surface area (Å²) < 4.78 is 0. The van der Waals surface area contributed by atoms with Crippen LogP contribution in [0.25, 0.3) is 5.57 Å². The van der Waals surface area contributed by atoms with Crippen LogP contribution >= 0.6 is 0 Å². The zero-order chi connectivity index (χ0) is 20.3. The van der Waals surface area contributed by atoms with E-state index in [1.54, 1.807) is 19.9 Å². The second kappa shape index (κ2) is 6.14. The molecule has 2 aromatic rings. The molecule has 0 aliphatic heterocycles. The Morgan fingerprint density at radius 3 is 2.39 bits per heavy atom. The predicted octanol–water partition coefficient (Wildman–Crippen LogP) is 3.19. The number of aromatic hydroxyl groups is 2. The van der Waals surface area contributed by atoms with Crippen LogP contribution in [0.3, 0.4) is 0 Å². The van der Waals surface area contributed by atoms with Gasteiger partial charge in [0.25, 0.3) is 0 Å². The highest BCUT2D eigenvalue weighted by Gasteiger charge is 2.35. The predicted molar refractivity (Wildman–Crippen MR) is 101 cm³/mol. The fourth-order valence-corrected chi connectivity index (χ4v) is 4.08. The minimum absolute atomic E-state index is 0.00150. The Labute approximate surface area is 160 Å². The number of phenolic OH excluding ortho intramolecular Hbond substituents is 2. The quantitative estimate of drug-likeness (QED) is 0.703. The molecule has 6 nitrogen and oxygen atoms in total. The van der Waals surface area contributed by atoms with Crippen LogP contribution in [0.4, 0.5) is 0 Å². The smallest absolute Gasteiger partial charge is 0.194 e. The number of allylic oxidation sites excluding steroid dienone is 2. The number of hydrogen-bond donors (Lipinski definition) is 3. The SMILES string of the molecule is Cc1cc(O)c2c(c1)C(=O)C(c1c(C)cc3c(c1O)C(=O)CC[C@H]3O)=CC2=O. The molecule has 1 atom stereocenters. The average molecular weight is 378 g/mol. The lowest BCUT2D eigenvalue weighted by Crippen LogP contribution is -2.20.